The zero-order valence-electron chi connectivity index (χ0n) is 17.6. The summed E-state index contributed by atoms with van der Waals surface area (Å²) in [7, 11) is 0. The first kappa shape index (κ1) is 25.2. The predicted octanol–water partition coefficient (Wildman–Crippen LogP) is 6.06. The topological polar surface area (TPSA) is 70.2 Å². The van der Waals surface area contributed by atoms with Crippen molar-refractivity contribution in [1.82, 2.24) is 5.32 Å². The van der Waals surface area contributed by atoms with E-state index in [0.29, 0.717) is 17.1 Å². The number of nitrogens with one attached hydrogen (secondary N) is 3. The lowest BCUT2D eigenvalue weighted by Crippen LogP contribution is -2.34. The Balaban J connectivity index is 1.51. The minimum atomic E-state index is -4.50. The molecule has 3 aromatic carbocycles. The highest BCUT2D eigenvalue weighted by Crippen LogP contribution is 2.30. The van der Waals surface area contributed by atoms with Gasteiger partial charge in [-0.25, -0.2) is 0 Å². The lowest BCUT2D eigenvalue weighted by Gasteiger charge is -2.11. The quantitative estimate of drug-likeness (QED) is 0.356. The summed E-state index contributed by atoms with van der Waals surface area (Å²) in [5.41, 5.74) is 0.789. The van der Waals surface area contributed by atoms with Crippen molar-refractivity contribution >= 4 is 52.1 Å². The van der Waals surface area contributed by atoms with Crippen molar-refractivity contribution in [2.75, 3.05) is 10.6 Å². The van der Waals surface area contributed by atoms with Gasteiger partial charge >= 0.3 is 6.18 Å². The number of benzene rings is 3. The molecule has 0 radical (unpaired) electrons. The minimum absolute atomic E-state index is 0.0303. The molecule has 5 nitrogen and oxygen atoms in total. The molecule has 0 fully saturated rings. The maximum absolute atomic E-state index is 12.8. The molecule has 0 saturated carbocycles. The molecule has 34 heavy (non-hydrogen) atoms. The average Bonchev–Trinajstić information content (AvgIpc) is 2.78. The molecule has 0 aliphatic rings. The number of alkyl halides is 3. The van der Waals surface area contributed by atoms with Gasteiger partial charge in [-0.1, -0.05) is 35.9 Å². The second-order valence-corrected chi connectivity index (χ2v) is 8.02. The van der Waals surface area contributed by atoms with Crippen LogP contribution in [0.2, 0.25) is 5.02 Å². The molecule has 0 aliphatic carbocycles. The molecule has 0 aromatic heterocycles. The van der Waals surface area contributed by atoms with Gasteiger partial charge < -0.3 is 16.0 Å². The van der Waals surface area contributed by atoms with E-state index in [1.54, 1.807) is 18.2 Å². The number of thiocarbonyl (C=S) groups is 1. The maximum atomic E-state index is 12.8. The maximum Gasteiger partial charge on any atom is 0.416 e. The van der Waals surface area contributed by atoms with Gasteiger partial charge in [0.1, 0.15) is 0 Å². The normalized spacial score (nSPS) is 10.9. The van der Waals surface area contributed by atoms with Crippen LogP contribution in [0.3, 0.4) is 0 Å². The van der Waals surface area contributed by atoms with Gasteiger partial charge in [0, 0.05) is 28.4 Å². The Morgan fingerprint density at radius 3 is 2.26 bits per heavy atom. The van der Waals surface area contributed by atoms with Crippen LogP contribution in [0.5, 0.6) is 0 Å². The largest absolute Gasteiger partial charge is 0.416 e. The van der Waals surface area contributed by atoms with Crippen LogP contribution >= 0.6 is 23.8 Å². The molecule has 176 valence electrons. The fourth-order valence-corrected chi connectivity index (χ4v) is 3.44. The summed E-state index contributed by atoms with van der Waals surface area (Å²) >= 11 is 11.2. The molecule has 0 bridgehead atoms. The second kappa shape index (κ2) is 11.1. The van der Waals surface area contributed by atoms with Gasteiger partial charge in [-0.3, -0.25) is 9.59 Å². The molecule has 3 aromatic rings. The van der Waals surface area contributed by atoms with E-state index in [4.69, 9.17) is 23.8 Å². The van der Waals surface area contributed by atoms with Crippen molar-refractivity contribution in [3.8, 4) is 0 Å². The number of aryl methyl sites for hydroxylation is 1. The van der Waals surface area contributed by atoms with E-state index in [-0.39, 0.29) is 28.7 Å². The standard InChI is InChI=1S/C24H19ClF3N3O2S/c25-20-7-2-1-4-15(20)10-13-21(32)31-23(34)30-18-11-8-16(9-12-18)22(33)29-19-6-3-5-17(14-19)24(26,27)28/h1-9,11-12,14H,10,13H2,(H,29,33)(H2,30,31,32,34). The lowest BCUT2D eigenvalue weighted by atomic mass is 10.1. The zero-order valence-corrected chi connectivity index (χ0v) is 19.2. The number of hydrogen-bond donors (Lipinski definition) is 3. The van der Waals surface area contributed by atoms with Crippen molar-refractivity contribution in [3.05, 3.63) is 94.5 Å². The van der Waals surface area contributed by atoms with Gasteiger partial charge in [-0.05, 0) is 72.7 Å². The summed E-state index contributed by atoms with van der Waals surface area (Å²) in [6.07, 6.45) is -3.85. The van der Waals surface area contributed by atoms with Crippen molar-refractivity contribution in [3.63, 3.8) is 0 Å². The Morgan fingerprint density at radius 1 is 0.882 bits per heavy atom. The molecule has 0 heterocycles. The summed E-state index contributed by atoms with van der Waals surface area (Å²) < 4.78 is 38.5. The molecule has 10 heteroatoms. The van der Waals surface area contributed by atoms with E-state index in [1.165, 1.54) is 24.3 Å². The van der Waals surface area contributed by atoms with Crippen molar-refractivity contribution in [2.45, 2.75) is 19.0 Å². The smallest absolute Gasteiger partial charge is 0.332 e. The molecular formula is C24H19ClF3N3O2S. The predicted molar refractivity (Wildman–Crippen MR) is 130 cm³/mol. The van der Waals surface area contributed by atoms with Gasteiger partial charge in [-0.15, -0.1) is 0 Å². The van der Waals surface area contributed by atoms with E-state index in [2.05, 4.69) is 16.0 Å². The number of hydrogen-bond acceptors (Lipinski definition) is 3. The Morgan fingerprint density at radius 2 is 1.59 bits per heavy atom. The van der Waals surface area contributed by atoms with Crippen LogP contribution in [-0.4, -0.2) is 16.9 Å². The highest BCUT2D eigenvalue weighted by Gasteiger charge is 2.30. The van der Waals surface area contributed by atoms with E-state index in [0.717, 1.165) is 17.7 Å². The summed E-state index contributed by atoms with van der Waals surface area (Å²) in [6, 6.07) is 17.7. The third kappa shape index (κ3) is 7.29. The summed E-state index contributed by atoms with van der Waals surface area (Å²) in [5, 5.41) is 8.53. The number of carbonyl (C=O) groups excluding carboxylic acids is 2. The molecule has 0 unspecified atom stereocenters. The van der Waals surface area contributed by atoms with Crippen LogP contribution in [0.4, 0.5) is 24.5 Å². The zero-order chi connectivity index (χ0) is 24.7. The second-order valence-electron chi connectivity index (χ2n) is 7.20. The average molecular weight is 506 g/mol. The number of anilines is 2. The first-order valence-corrected chi connectivity index (χ1v) is 10.8. The Hall–Kier alpha value is -3.43. The molecular weight excluding hydrogens is 487 g/mol. The van der Waals surface area contributed by atoms with Gasteiger partial charge in [0.05, 0.1) is 5.56 Å². The molecule has 3 N–H and O–H groups in total. The Labute approximate surface area is 204 Å². The van der Waals surface area contributed by atoms with E-state index < -0.39 is 17.6 Å². The first-order chi connectivity index (χ1) is 16.1. The van der Waals surface area contributed by atoms with Crippen LogP contribution in [0.15, 0.2) is 72.8 Å². The summed E-state index contributed by atoms with van der Waals surface area (Å²) in [5.74, 6) is -0.851. The highest BCUT2D eigenvalue weighted by molar-refractivity contribution is 7.80. The monoisotopic (exact) mass is 505 g/mol. The number of rotatable bonds is 6. The van der Waals surface area contributed by atoms with Crippen LogP contribution in [0.1, 0.15) is 27.9 Å². The van der Waals surface area contributed by atoms with Crippen LogP contribution in [0.25, 0.3) is 0 Å². The number of carbonyl (C=O) groups is 2. The molecule has 0 saturated heterocycles. The van der Waals surface area contributed by atoms with E-state index in [1.807, 2.05) is 18.2 Å². The summed E-state index contributed by atoms with van der Waals surface area (Å²) in [6.45, 7) is 0. The van der Waals surface area contributed by atoms with E-state index >= 15 is 0 Å². The van der Waals surface area contributed by atoms with Crippen molar-refractivity contribution in [2.24, 2.45) is 0 Å². The van der Waals surface area contributed by atoms with Crippen molar-refractivity contribution in [1.29, 1.82) is 0 Å². The SMILES string of the molecule is O=C(CCc1ccccc1Cl)NC(=S)Nc1ccc(C(=O)Nc2cccc(C(F)(F)F)c2)cc1. The molecule has 2 amide bonds. The lowest BCUT2D eigenvalue weighted by molar-refractivity contribution is -0.137. The number of amides is 2. The molecule has 0 aliphatic heterocycles. The van der Waals surface area contributed by atoms with E-state index in [9.17, 15) is 22.8 Å². The van der Waals surface area contributed by atoms with Gasteiger partial charge in [-0.2, -0.15) is 13.2 Å². The van der Waals surface area contributed by atoms with Gasteiger partial charge in [0.2, 0.25) is 5.91 Å². The van der Waals surface area contributed by atoms with Gasteiger partial charge in [0.25, 0.3) is 5.91 Å². The number of halogens is 4. The third-order valence-corrected chi connectivity index (χ3v) is 5.26. The Kier molecular flexibility index (Phi) is 8.25. The van der Waals surface area contributed by atoms with Crippen LogP contribution in [-0.2, 0) is 17.4 Å². The van der Waals surface area contributed by atoms with Crippen LogP contribution < -0.4 is 16.0 Å². The fourth-order valence-electron chi connectivity index (χ4n) is 2.98. The first-order valence-electron chi connectivity index (χ1n) is 10.0. The van der Waals surface area contributed by atoms with Crippen LogP contribution in [0, 0.1) is 0 Å². The highest BCUT2D eigenvalue weighted by atomic mass is 35.5. The Bertz CT molecular complexity index is 1200. The molecule has 0 atom stereocenters. The van der Waals surface area contributed by atoms with Gasteiger partial charge in [0.15, 0.2) is 5.11 Å². The molecule has 3 rings (SSSR count). The fraction of sp³-hybridized carbons (Fsp3) is 0.125. The summed E-state index contributed by atoms with van der Waals surface area (Å²) in [4.78, 5) is 24.5. The molecule has 0 spiro atoms. The van der Waals surface area contributed by atoms with Crippen molar-refractivity contribution < 1.29 is 22.8 Å². The third-order valence-electron chi connectivity index (χ3n) is 4.68. The minimum Gasteiger partial charge on any atom is -0.332 e.